The molecule has 0 aliphatic heterocycles. The van der Waals surface area contributed by atoms with E-state index in [1.165, 1.54) is 4.90 Å². The van der Waals surface area contributed by atoms with Crippen molar-refractivity contribution in [2.75, 3.05) is 13.1 Å². The molecule has 4 N–H and O–H groups in total. The Balaban J connectivity index is 2.58. The van der Waals surface area contributed by atoms with Crippen LogP contribution in [0.4, 0.5) is 0 Å². The lowest BCUT2D eigenvalue weighted by molar-refractivity contribution is -0.136. The Labute approximate surface area is 126 Å². The van der Waals surface area contributed by atoms with E-state index in [0.29, 0.717) is 13.0 Å². The van der Waals surface area contributed by atoms with Crippen LogP contribution in [0.25, 0.3) is 0 Å². The largest absolute Gasteiger partial charge is 0.368 e. The number of carbonyl (C=O) groups is 2. The van der Waals surface area contributed by atoms with Gasteiger partial charge in [0.25, 0.3) is 0 Å². The third-order valence-electron chi connectivity index (χ3n) is 3.15. The van der Waals surface area contributed by atoms with Crippen LogP contribution in [0.5, 0.6) is 0 Å². The first kappa shape index (κ1) is 17.2. The van der Waals surface area contributed by atoms with Crippen LogP contribution in [0.15, 0.2) is 30.3 Å². The predicted octanol–water partition coefficient (Wildman–Crippen LogP) is 0.916. The molecule has 0 spiro atoms. The van der Waals surface area contributed by atoms with Gasteiger partial charge in [0.05, 0.1) is 12.6 Å². The number of primary amides is 1. The fourth-order valence-electron chi connectivity index (χ4n) is 2.19. The second-order valence-corrected chi connectivity index (χ2v) is 5.71. The number of nitrogens with zero attached hydrogens (tertiary/aromatic N) is 1. The van der Waals surface area contributed by atoms with Crippen molar-refractivity contribution < 1.29 is 9.59 Å². The summed E-state index contributed by atoms with van der Waals surface area (Å²) in [7, 11) is 0. The van der Waals surface area contributed by atoms with Crippen LogP contribution >= 0.6 is 0 Å². The molecule has 0 aliphatic rings. The lowest BCUT2D eigenvalue weighted by atomic mass is 10.0. The van der Waals surface area contributed by atoms with Crippen molar-refractivity contribution in [2.24, 2.45) is 17.4 Å². The monoisotopic (exact) mass is 291 g/mol. The van der Waals surface area contributed by atoms with Gasteiger partial charge in [0.1, 0.15) is 0 Å². The summed E-state index contributed by atoms with van der Waals surface area (Å²) >= 11 is 0. The number of nitrogens with two attached hydrogens (primary N) is 2. The summed E-state index contributed by atoms with van der Waals surface area (Å²) in [5.74, 6) is -0.465. The summed E-state index contributed by atoms with van der Waals surface area (Å²) in [6.07, 6.45) is 1.29. The number of hydrogen-bond donors (Lipinski definition) is 2. The van der Waals surface area contributed by atoms with Crippen molar-refractivity contribution in [3.05, 3.63) is 35.9 Å². The molecule has 0 unspecified atom stereocenters. The molecule has 5 nitrogen and oxygen atoms in total. The van der Waals surface area contributed by atoms with Crippen LogP contribution in [0, 0.1) is 5.92 Å². The van der Waals surface area contributed by atoms with Gasteiger partial charge in [-0.15, -0.1) is 0 Å². The molecule has 0 bridgehead atoms. The summed E-state index contributed by atoms with van der Waals surface area (Å²) in [6, 6.07) is 9.27. The number of benzene rings is 1. The van der Waals surface area contributed by atoms with Crippen LogP contribution in [0.2, 0.25) is 0 Å². The zero-order valence-corrected chi connectivity index (χ0v) is 12.8. The van der Waals surface area contributed by atoms with E-state index in [4.69, 9.17) is 11.5 Å². The Morgan fingerprint density at radius 1 is 1.19 bits per heavy atom. The van der Waals surface area contributed by atoms with E-state index in [0.717, 1.165) is 12.0 Å². The molecule has 2 amide bonds. The molecule has 0 radical (unpaired) electrons. The smallest absolute Gasteiger partial charge is 0.239 e. The molecule has 0 saturated carbocycles. The number of amides is 2. The van der Waals surface area contributed by atoms with Gasteiger partial charge < -0.3 is 16.4 Å². The fraction of sp³-hybridized carbons (Fsp3) is 0.500. The first-order valence-electron chi connectivity index (χ1n) is 7.26. The molecule has 1 aromatic carbocycles. The Morgan fingerprint density at radius 3 is 2.33 bits per heavy atom. The van der Waals surface area contributed by atoms with E-state index >= 15 is 0 Å². The van der Waals surface area contributed by atoms with E-state index < -0.39 is 11.9 Å². The van der Waals surface area contributed by atoms with Gasteiger partial charge in [-0.2, -0.15) is 0 Å². The van der Waals surface area contributed by atoms with E-state index in [-0.39, 0.29) is 18.4 Å². The molecule has 1 atom stereocenters. The second kappa shape index (κ2) is 8.42. The highest BCUT2D eigenvalue weighted by atomic mass is 16.2. The van der Waals surface area contributed by atoms with E-state index in [9.17, 15) is 9.59 Å². The Hall–Kier alpha value is -1.88. The first-order valence-corrected chi connectivity index (χ1v) is 7.26. The number of rotatable bonds is 8. The van der Waals surface area contributed by atoms with Crippen LogP contribution in [0.1, 0.15) is 25.8 Å². The second-order valence-electron chi connectivity index (χ2n) is 5.71. The fourth-order valence-corrected chi connectivity index (χ4v) is 2.19. The van der Waals surface area contributed by atoms with Gasteiger partial charge >= 0.3 is 0 Å². The topological polar surface area (TPSA) is 89.4 Å². The molecule has 1 rings (SSSR count). The SMILES string of the molecule is CC(C)CN(CC(N)=O)C(=O)[C@@H](N)CCc1ccccc1. The van der Waals surface area contributed by atoms with Gasteiger partial charge in [-0.25, -0.2) is 0 Å². The van der Waals surface area contributed by atoms with Crippen LogP contribution < -0.4 is 11.5 Å². The quantitative estimate of drug-likeness (QED) is 0.746. The maximum atomic E-state index is 12.3. The van der Waals surface area contributed by atoms with Crippen molar-refractivity contribution in [1.82, 2.24) is 4.90 Å². The average Bonchev–Trinajstić information content (AvgIpc) is 2.43. The Kier molecular flexibility index (Phi) is 6.88. The summed E-state index contributed by atoms with van der Waals surface area (Å²) in [5.41, 5.74) is 12.3. The van der Waals surface area contributed by atoms with Gasteiger partial charge in [-0.05, 0) is 24.3 Å². The van der Waals surface area contributed by atoms with Crippen molar-refractivity contribution in [1.29, 1.82) is 0 Å². The molecular formula is C16H25N3O2. The van der Waals surface area contributed by atoms with Crippen LogP contribution in [-0.4, -0.2) is 35.8 Å². The molecule has 0 heterocycles. The third-order valence-corrected chi connectivity index (χ3v) is 3.15. The standard InChI is InChI=1S/C16H25N3O2/c1-12(2)10-19(11-15(18)20)16(21)14(17)9-8-13-6-4-3-5-7-13/h3-7,12,14H,8-11,17H2,1-2H3,(H2,18,20)/t14-/m0/s1. The van der Waals surface area contributed by atoms with E-state index in [1.54, 1.807) is 0 Å². The molecule has 0 saturated heterocycles. The zero-order valence-electron chi connectivity index (χ0n) is 12.8. The molecule has 5 heteroatoms. The van der Waals surface area contributed by atoms with E-state index in [2.05, 4.69) is 0 Å². The van der Waals surface area contributed by atoms with Gasteiger partial charge in [0.2, 0.25) is 11.8 Å². The minimum atomic E-state index is -0.608. The molecule has 116 valence electrons. The normalized spacial score (nSPS) is 12.2. The zero-order chi connectivity index (χ0) is 15.8. The summed E-state index contributed by atoms with van der Waals surface area (Å²) in [6.45, 7) is 4.38. The van der Waals surface area contributed by atoms with Crippen molar-refractivity contribution in [2.45, 2.75) is 32.7 Å². The van der Waals surface area contributed by atoms with Gasteiger partial charge in [-0.1, -0.05) is 44.2 Å². The number of hydrogen-bond acceptors (Lipinski definition) is 3. The van der Waals surface area contributed by atoms with Crippen molar-refractivity contribution in [3.8, 4) is 0 Å². The lowest BCUT2D eigenvalue weighted by Gasteiger charge is -2.26. The maximum absolute atomic E-state index is 12.3. The van der Waals surface area contributed by atoms with Gasteiger partial charge in [0.15, 0.2) is 0 Å². The maximum Gasteiger partial charge on any atom is 0.239 e. The first-order chi connectivity index (χ1) is 9.90. The van der Waals surface area contributed by atoms with Crippen LogP contribution in [0.3, 0.4) is 0 Å². The Bertz CT molecular complexity index is 460. The highest BCUT2D eigenvalue weighted by Gasteiger charge is 2.22. The van der Waals surface area contributed by atoms with Gasteiger partial charge in [0, 0.05) is 6.54 Å². The predicted molar refractivity (Wildman–Crippen MR) is 83.4 cm³/mol. The number of aryl methyl sites for hydroxylation is 1. The van der Waals surface area contributed by atoms with Crippen LogP contribution in [-0.2, 0) is 16.0 Å². The Morgan fingerprint density at radius 2 is 1.81 bits per heavy atom. The summed E-state index contributed by atoms with van der Waals surface area (Å²) in [4.78, 5) is 24.9. The highest BCUT2D eigenvalue weighted by Crippen LogP contribution is 2.07. The molecule has 0 aliphatic carbocycles. The van der Waals surface area contributed by atoms with Gasteiger partial charge in [-0.3, -0.25) is 9.59 Å². The van der Waals surface area contributed by atoms with Crippen molar-refractivity contribution >= 4 is 11.8 Å². The number of carbonyl (C=O) groups excluding carboxylic acids is 2. The minimum absolute atomic E-state index is 0.0734. The molecular weight excluding hydrogens is 266 g/mol. The molecule has 0 aromatic heterocycles. The summed E-state index contributed by atoms with van der Waals surface area (Å²) in [5, 5.41) is 0. The average molecular weight is 291 g/mol. The summed E-state index contributed by atoms with van der Waals surface area (Å²) < 4.78 is 0. The minimum Gasteiger partial charge on any atom is -0.368 e. The molecule has 0 fully saturated rings. The molecule has 1 aromatic rings. The lowest BCUT2D eigenvalue weighted by Crippen LogP contribution is -2.48. The highest BCUT2D eigenvalue weighted by molar-refractivity contribution is 5.86. The van der Waals surface area contributed by atoms with E-state index in [1.807, 2.05) is 44.2 Å². The third kappa shape index (κ3) is 6.40. The van der Waals surface area contributed by atoms with Crippen molar-refractivity contribution in [3.63, 3.8) is 0 Å². The molecule has 21 heavy (non-hydrogen) atoms.